The van der Waals surface area contributed by atoms with E-state index in [9.17, 15) is 4.79 Å². The average Bonchev–Trinajstić information content (AvgIpc) is 2.47. The Balaban J connectivity index is 2.79. The van der Waals surface area contributed by atoms with Gasteiger partial charge in [0.15, 0.2) is 0 Å². The highest BCUT2D eigenvalue weighted by Crippen LogP contribution is 2.34. The molecule has 1 fully saturated rings. The zero-order valence-electron chi connectivity index (χ0n) is 14.2. The highest BCUT2D eigenvalue weighted by molar-refractivity contribution is 5.82. The minimum atomic E-state index is -0.245. The number of carbonyl (C=O) groups is 1. The van der Waals surface area contributed by atoms with E-state index in [0.717, 1.165) is 38.9 Å². The lowest BCUT2D eigenvalue weighted by Gasteiger charge is -2.41. The second-order valence-electron chi connectivity index (χ2n) is 6.87. The summed E-state index contributed by atoms with van der Waals surface area (Å²) in [5, 5.41) is 3.45. The minimum absolute atomic E-state index is 0.245. The van der Waals surface area contributed by atoms with Gasteiger partial charge in [0.1, 0.15) is 0 Å². The number of hydrogen-bond acceptors (Lipinski definition) is 2. The first kappa shape index (κ1) is 17.5. The minimum Gasteiger partial charge on any atom is -0.340 e. The molecule has 1 N–H and O–H groups in total. The molecule has 0 aromatic carbocycles. The molecule has 2 atom stereocenters. The molecule has 1 heterocycles. The molecule has 1 rings (SSSR count). The maximum atomic E-state index is 13.1. The van der Waals surface area contributed by atoms with Crippen molar-refractivity contribution in [2.75, 3.05) is 19.6 Å². The van der Waals surface area contributed by atoms with Gasteiger partial charge in [-0.3, -0.25) is 4.79 Å². The fourth-order valence-electron chi connectivity index (χ4n) is 3.08. The quantitative estimate of drug-likeness (QED) is 0.776. The van der Waals surface area contributed by atoms with Gasteiger partial charge in [-0.15, -0.1) is 0 Å². The van der Waals surface area contributed by atoms with Crippen LogP contribution in [-0.4, -0.2) is 36.5 Å². The van der Waals surface area contributed by atoms with E-state index in [1.165, 1.54) is 12.8 Å². The van der Waals surface area contributed by atoms with Crippen molar-refractivity contribution in [2.45, 2.75) is 72.8 Å². The van der Waals surface area contributed by atoms with E-state index in [4.69, 9.17) is 0 Å². The molecule has 1 amide bonds. The molecule has 1 saturated heterocycles. The summed E-state index contributed by atoms with van der Waals surface area (Å²) in [6.07, 6.45) is 5.66. The number of unbranched alkanes of at least 4 members (excludes halogenated alkanes) is 1. The number of amides is 1. The average molecular weight is 282 g/mol. The molecule has 0 aromatic rings. The second-order valence-corrected chi connectivity index (χ2v) is 6.87. The Labute approximate surface area is 125 Å². The Morgan fingerprint density at radius 3 is 2.60 bits per heavy atom. The first-order valence-corrected chi connectivity index (χ1v) is 8.46. The Hall–Kier alpha value is -0.570. The van der Waals surface area contributed by atoms with Crippen molar-refractivity contribution in [3.05, 3.63) is 0 Å². The van der Waals surface area contributed by atoms with E-state index in [1.807, 2.05) is 0 Å². The number of rotatable bonds is 7. The van der Waals surface area contributed by atoms with Crippen molar-refractivity contribution >= 4 is 5.91 Å². The van der Waals surface area contributed by atoms with Crippen LogP contribution in [0.3, 0.4) is 0 Å². The van der Waals surface area contributed by atoms with E-state index in [0.29, 0.717) is 17.9 Å². The zero-order valence-corrected chi connectivity index (χ0v) is 14.2. The van der Waals surface area contributed by atoms with Crippen molar-refractivity contribution in [3.8, 4) is 0 Å². The molecule has 0 aliphatic carbocycles. The summed E-state index contributed by atoms with van der Waals surface area (Å²) in [6.45, 7) is 13.8. The first-order chi connectivity index (χ1) is 9.45. The van der Waals surface area contributed by atoms with Gasteiger partial charge in [0.25, 0.3) is 0 Å². The van der Waals surface area contributed by atoms with Gasteiger partial charge < -0.3 is 10.2 Å². The standard InChI is InChI=1S/C17H34N2O/c1-6-8-12-19(14(3)7-2)16(20)17(4,5)15-10-9-11-18-13-15/h14-15,18H,6-13H2,1-5H3. The summed E-state index contributed by atoms with van der Waals surface area (Å²) in [4.78, 5) is 15.2. The van der Waals surface area contributed by atoms with E-state index in [-0.39, 0.29) is 5.41 Å². The van der Waals surface area contributed by atoms with Crippen LogP contribution in [0.1, 0.15) is 66.7 Å². The van der Waals surface area contributed by atoms with E-state index >= 15 is 0 Å². The third-order valence-electron chi connectivity index (χ3n) is 5.01. The van der Waals surface area contributed by atoms with Crippen molar-refractivity contribution in [2.24, 2.45) is 11.3 Å². The molecule has 0 aromatic heterocycles. The molecular weight excluding hydrogens is 248 g/mol. The lowest BCUT2D eigenvalue weighted by molar-refractivity contribution is -0.146. The van der Waals surface area contributed by atoms with Gasteiger partial charge in [-0.05, 0) is 51.6 Å². The van der Waals surface area contributed by atoms with E-state index in [1.54, 1.807) is 0 Å². The third-order valence-corrected chi connectivity index (χ3v) is 5.01. The number of piperidine rings is 1. The van der Waals surface area contributed by atoms with Gasteiger partial charge in [-0.25, -0.2) is 0 Å². The van der Waals surface area contributed by atoms with Crippen LogP contribution in [0.2, 0.25) is 0 Å². The van der Waals surface area contributed by atoms with Gasteiger partial charge >= 0.3 is 0 Å². The van der Waals surface area contributed by atoms with Gasteiger partial charge in [-0.1, -0.05) is 34.1 Å². The van der Waals surface area contributed by atoms with Crippen LogP contribution in [0, 0.1) is 11.3 Å². The van der Waals surface area contributed by atoms with Crippen LogP contribution < -0.4 is 5.32 Å². The van der Waals surface area contributed by atoms with Gasteiger partial charge in [-0.2, -0.15) is 0 Å². The topological polar surface area (TPSA) is 32.3 Å². The Kier molecular flexibility index (Phi) is 7.01. The predicted molar refractivity (Wildman–Crippen MR) is 85.7 cm³/mol. The van der Waals surface area contributed by atoms with Crippen molar-refractivity contribution in [3.63, 3.8) is 0 Å². The maximum absolute atomic E-state index is 13.1. The lowest BCUT2D eigenvalue weighted by Crippen LogP contribution is -2.51. The number of hydrogen-bond donors (Lipinski definition) is 1. The summed E-state index contributed by atoms with van der Waals surface area (Å²) < 4.78 is 0. The van der Waals surface area contributed by atoms with E-state index in [2.05, 4.69) is 44.8 Å². The summed E-state index contributed by atoms with van der Waals surface area (Å²) in [7, 11) is 0. The lowest BCUT2D eigenvalue weighted by atomic mass is 9.73. The number of nitrogens with zero attached hydrogens (tertiary/aromatic N) is 1. The molecule has 0 radical (unpaired) electrons. The van der Waals surface area contributed by atoms with Gasteiger partial charge in [0, 0.05) is 18.0 Å². The van der Waals surface area contributed by atoms with Crippen LogP contribution in [0.4, 0.5) is 0 Å². The summed E-state index contributed by atoms with van der Waals surface area (Å²) in [6, 6.07) is 0.352. The largest absolute Gasteiger partial charge is 0.340 e. The molecule has 0 spiro atoms. The zero-order chi connectivity index (χ0) is 15.2. The van der Waals surface area contributed by atoms with Crippen molar-refractivity contribution < 1.29 is 4.79 Å². The van der Waals surface area contributed by atoms with Crippen LogP contribution in [0.15, 0.2) is 0 Å². The molecule has 3 heteroatoms. The SMILES string of the molecule is CCCCN(C(=O)C(C)(C)C1CCCNC1)C(C)CC. The number of nitrogens with one attached hydrogen (secondary N) is 1. The fourth-order valence-corrected chi connectivity index (χ4v) is 3.08. The molecule has 118 valence electrons. The molecular formula is C17H34N2O. The molecule has 3 nitrogen and oxygen atoms in total. The smallest absolute Gasteiger partial charge is 0.228 e. The predicted octanol–water partition coefficient (Wildman–Crippen LogP) is 3.44. The van der Waals surface area contributed by atoms with Crippen LogP contribution in [-0.2, 0) is 4.79 Å². The normalized spacial score (nSPS) is 21.6. The van der Waals surface area contributed by atoms with Crippen LogP contribution >= 0.6 is 0 Å². The third kappa shape index (κ3) is 4.21. The Morgan fingerprint density at radius 2 is 2.10 bits per heavy atom. The monoisotopic (exact) mass is 282 g/mol. The number of carbonyl (C=O) groups excluding carboxylic acids is 1. The van der Waals surface area contributed by atoms with Crippen LogP contribution in [0.5, 0.6) is 0 Å². The Bertz CT molecular complexity index is 295. The van der Waals surface area contributed by atoms with Gasteiger partial charge in [0.05, 0.1) is 0 Å². The fraction of sp³-hybridized carbons (Fsp3) is 0.941. The summed E-state index contributed by atoms with van der Waals surface area (Å²) >= 11 is 0. The van der Waals surface area contributed by atoms with Crippen molar-refractivity contribution in [1.29, 1.82) is 0 Å². The molecule has 1 aliphatic heterocycles. The highest BCUT2D eigenvalue weighted by Gasteiger charge is 2.40. The summed E-state index contributed by atoms with van der Waals surface area (Å²) in [5.74, 6) is 0.825. The molecule has 0 bridgehead atoms. The molecule has 1 aliphatic rings. The van der Waals surface area contributed by atoms with E-state index < -0.39 is 0 Å². The second kappa shape index (κ2) is 8.02. The molecule has 20 heavy (non-hydrogen) atoms. The van der Waals surface area contributed by atoms with Crippen molar-refractivity contribution in [1.82, 2.24) is 10.2 Å². The highest BCUT2D eigenvalue weighted by atomic mass is 16.2. The summed E-state index contributed by atoms with van der Waals surface area (Å²) in [5.41, 5.74) is -0.245. The Morgan fingerprint density at radius 1 is 1.40 bits per heavy atom. The first-order valence-electron chi connectivity index (χ1n) is 8.46. The van der Waals surface area contributed by atoms with Crippen LogP contribution in [0.25, 0.3) is 0 Å². The maximum Gasteiger partial charge on any atom is 0.228 e. The van der Waals surface area contributed by atoms with Gasteiger partial charge in [0.2, 0.25) is 5.91 Å². The molecule has 0 saturated carbocycles. The molecule has 2 unspecified atom stereocenters.